The highest BCUT2D eigenvalue weighted by Gasteiger charge is 2.42. The summed E-state index contributed by atoms with van der Waals surface area (Å²) in [7, 11) is 0. The zero-order chi connectivity index (χ0) is 15.6. The summed E-state index contributed by atoms with van der Waals surface area (Å²) in [5.74, 6) is 0.0685. The number of halogens is 3. The molecule has 0 spiro atoms. The second kappa shape index (κ2) is 6.56. The number of aromatic nitrogens is 3. The van der Waals surface area contributed by atoms with Crippen molar-refractivity contribution >= 4 is 0 Å². The molecule has 1 aromatic heterocycles. The van der Waals surface area contributed by atoms with Crippen LogP contribution in [0.15, 0.2) is 0 Å². The maximum absolute atomic E-state index is 12.9. The highest BCUT2D eigenvalue weighted by molar-refractivity contribution is 5.01. The van der Waals surface area contributed by atoms with E-state index in [0.29, 0.717) is 30.7 Å². The molecule has 0 radical (unpaired) electrons. The maximum atomic E-state index is 12.9. The van der Waals surface area contributed by atoms with Gasteiger partial charge in [-0.25, -0.2) is 0 Å². The quantitative estimate of drug-likeness (QED) is 0.871. The van der Waals surface area contributed by atoms with Crippen molar-refractivity contribution in [1.29, 1.82) is 0 Å². The number of alkyl halides is 3. The Hall–Kier alpha value is -1.11. The van der Waals surface area contributed by atoms with Gasteiger partial charge in [-0.05, 0) is 19.3 Å². The molecule has 1 fully saturated rings. The second-order valence-electron chi connectivity index (χ2n) is 6.49. The molecule has 1 unspecified atom stereocenters. The number of hydrogen-bond donors (Lipinski definition) is 1. The SMILES string of the molecule is FC(F)(F)C1CCc2nnc(CNC3CCCCCC3)n2C1. The van der Waals surface area contributed by atoms with Gasteiger partial charge >= 0.3 is 6.18 Å². The summed E-state index contributed by atoms with van der Waals surface area (Å²) in [6.07, 6.45) is 3.67. The molecule has 7 heteroatoms. The van der Waals surface area contributed by atoms with Crippen LogP contribution in [-0.4, -0.2) is 27.0 Å². The van der Waals surface area contributed by atoms with Crippen LogP contribution < -0.4 is 5.32 Å². The fraction of sp³-hybridized carbons (Fsp3) is 0.867. The van der Waals surface area contributed by atoms with E-state index in [1.807, 2.05) is 0 Å². The minimum absolute atomic E-state index is 0.0342. The van der Waals surface area contributed by atoms with Crippen LogP contribution in [0.2, 0.25) is 0 Å². The lowest BCUT2D eigenvalue weighted by Gasteiger charge is -2.26. The third-order valence-corrected chi connectivity index (χ3v) is 4.89. The average molecular weight is 316 g/mol. The second-order valence-corrected chi connectivity index (χ2v) is 6.49. The molecular weight excluding hydrogens is 293 g/mol. The Morgan fingerprint density at radius 3 is 2.45 bits per heavy atom. The van der Waals surface area contributed by atoms with Crippen molar-refractivity contribution in [1.82, 2.24) is 20.1 Å². The summed E-state index contributed by atoms with van der Waals surface area (Å²) in [4.78, 5) is 0. The Bertz CT molecular complexity index is 489. The van der Waals surface area contributed by atoms with E-state index in [2.05, 4.69) is 15.5 Å². The average Bonchev–Trinajstić information content (AvgIpc) is 2.70. The summed E-state index contributed by atoms with van der Waals surface area (Å²) in [6.45, 7) is 0.482. The van der Waals surface area contributed by atoms with Crippen LogP contribution in [0.4, 0.5) is 13.2 Å². The van der Waals surface area contributed by atoms with E-state index >= 15 is 0 Å². The molecule has 1 aliphatic carbocycles. The number of aryl methyl sites for hydroxylation is 1. The van der Waals surface area contributed by atoms with E-state index in [1.54, 1.807) is 4.57 Å². The molecule has 1 aromatic rings. The molecule has 4 nitrogen and oxygen atoms in total. The zero-order valence-electron chi connectivity index (χ0n) is 12.7. The normalized spacial score (nSPS) is 24.0. The van der Waals surface area contributed by atoms with E-state index in [9.17, 15) is 13.2 Å². The van der Waals surface area contributed by atoms with Crippen molar-refractivity contribution in [3.05, 3.63) is 11.6 Å². The zero-order valence-corrected chi connectivity index (χ0v) is 12.7. The summed E-state index contributed by atoms with van der Waals surface area (Å²) in [5, 5.41) is 11.6. The summed E-state index contributed by atoms with van der Waals surface area (Å²) < 4.78 is 40.4. The molecule has 1 aliphatic heterocycles. The molecule has 0 bridgehead atoms. The summed E-state index contributed by atoms with van der Waals surface area (Å²) in [6, 6.07) is 0.456. The highest BCUT2D eigenvalue weighted by Crippen LogP contribution is 2.34. The molecule has 2 aliphatic rings. The Morgan fingerprint density at radius 2 is 1.77 bits per heavy atom. The van der Waals surface area contributed by atoms with E-state index < -0.39 is 12.1 Å². The van der Waals surface area contributed by atoms with Crippen LogP contribution in [0, 0.1) is 5.92 Å². The monoisotopic (exact) mass is 316 g/mol. The first kappa shape index (κ1) is 15.8. The molecule has 3 rings (SSSR count). The first-order chi connectivity index (χ1) is 10.5. The third kappa shape index (κ3) is 3.62. The number of nitrogens with one attached hydrogen (secondary N) is 1. The molecule has 0 amide bonds. The molecular formula is C15H23F3N4. The van der Waals surface area contributed by atoms with Gasteiger partial charge in [0.15, 0.2) is 0 Å². The molecule has 0 saturated heterocycles. The largest absolute Gasteiger partial charge is 0.393 e. The van der Waals surface area contributed by atoms with Gasteiger partial charge in [-0.15, -0.1) is 10.2 Å². The lowest BCUT2D eigenvalue weighted by molar-refractivity contribution is -0.182. The van der Waals surface area contributed by atoms with E-state index in [0.717, 1.165) is 12.8 Å². The predicted molar refractivity (Wildman–Crippen MR) is 76.2 cm³/mol. The van der Waals surface area contributed by atoms with Gasteiger partial charge in [0.1, 0.15) is 11.6 Å². The van der Waals surface area contributed by atoms with Gasteiger partial charge in [0.05, 0.1) is 12.5 Å². The van der Waals surface area contributed by atoms with Crippen molar-refractivity contribution in [3.63, 3.8) is 0 Å². The van der Waals surface area contributed by atoms with Gasteiger partial charge in [-0.3, -0.25) is 0 Å². The minimum atomic E-state index is -4.13. The van der Waals surface area contributed by atoms with Crippen molar-refractivity contribution < 1.29 is 13.2 Å². The summed E-state index contributed by atoms with van der Waals surface area (Å²) >= 11 is 0. The Labute approximate surface area is 128 Å². The van der Waals surface area contributed by atoms with Gasteiger partial charge in [0.2, 0.25) is 0 Å². The standard InChI is InChI=1S/C15H23F3N4/c16-15(17,18)11-7-8-13-20-21-14(22(13)10-11)9-19-12-5-3-1-2-4-6-12/h11-12,19H,1-10H2. The molecule has 22 heavy (non-hydrogen) atoms. The lowest BCUT2D eigenvalue weighted by Crippen LogP contribution is -2.34. The predicted octanol–water partition coefficient (Wildman–Crippen LogP) is 3.22. The van der Waals surface area contributed by atoms with Crippen molar-refractivity contribution in [3.8, 4) is 0 Å². The number of nitrogens with zero attached hydrogens (tertiary/aromatic N) is 3. The van der Waals surface area contributed by atoms with Crippen LogP contribution in [0.25, 0.3) is 0 Å². The molecule has 1 atom stereocenters. The minimum Gasteiger partial charge on any atom is -0.313 e. The van der Waals surface area contributed by atoms with Crippen LogP contribution in [0.3, 0.4) is 0 Å². The Morgan fingerprint density at radius 1 is 1.05 bits per heavy atom. The van der Waals surface area contributed by atoms with E-state index in [1.165, 1.54) is 25.7 Å². The van der Waals surface area contributed by atoms with Gasteiger partial charge in [-0.2, -0.15) is 13.2 Å². The Kier molecular flexibility index (Phi) is 4.70. The number of fused-ring (bicyclic) bond motifs is 1. The van der Waals surface area contributed by atoms with Crippen molar-refractivity contribution in [2.24, 2.45) is 5.92 Å². The third-order valence-electron chi connectivity index (χ3n) is 4.89. The molecule has 124 valence electrons. The van der Waals surface area contributed by atoms with Crippen molar-refractivity contribution in [2.75, 3.05) is 0 Å². The Balaban J connectivity index is 1.62. The number of hydrogen-bond acceptors (Lipinski definition) is 3. The first-order valence-electron chi connectivity index (χ1n) is 8.25. The first-order valence-corrected chi connectivity index (χ1v) is 8.25. The fourth-order valence-corrected chi connectivity index (χ4v) is 3.50. The molecule has 1 N–H and O–H groups in total. The van der Waals surface area contributed by atoms with Crippen LogP contribution >= 0.6 is 0 Å². The van der Waals surface area contributed by atoms with Gasteiger partial charge in [-0.1, -0.05) is 25.7 Å². The molecule has 0 aromatic carbocycles. The van der Waals surface area contributed by atoms with E-state index in [4.69, 9.17) is 0 Å². The van der Waals surface area contributed by atoms with E-state index in [-0.39, 0.29) is 13.0 Å². The lowest BCUT2D eigenvalue weighted by atomic mass is 9.99. The fourth-order valence-electron chi connectivity index (χ4n) is 3.50. The number of rotatable bonds is 3. The highest BCUT2D eigenvalue weighted by atomic mass is 19.4. The van der Waals surface area contributed by atoms with Crippen LogP contribution in [0.5, 0.6) is 0 Å². The molecule has 2 heterocycles. The van der Waals surface area contributed by atoms with Gasteiger partial charge in [0, 0.05) is 19.0 Å². The summed E-state index contributed by atoms with van der Waals surface area (Å²) in [5.41, 5.74) is 0. The molecule has 1 saturated carbocycles. The maximum Gasteiger partial charge on any atom is 0.393 e. The van der Waals surface area contributed by atoms with Crippen molar-refractivity contribution in [2.45, 2.75) is 76.7 Å². The topological polar surface area (TPSA) is 42.7 Å². The van der Waals surface area contributed by atoms with Gasteiger partial charge in [0.25, 0.3) is 0 Å². The van der Waals surface area contributed by atoms with Crippen LogP contribution in [-0.2, 0) is 19.5 Å². The van der Waals surface area contributed by atoms with Crippen LogP contribution in [0.1, 0.15) is 56.6 Å². The van der Waals surface area contributed by atoms with Gasteiger partial charge < -0.3 is 9.88 Å². The smallest absolute Gasteiger partial charge is 0.313 e.